The number of hydrogen-bond donors (Lipinski definition) is 1. The van der Waals surface area contributed by atoms with E-state index in [0.29, 0.717) is 11.8 Å². The zero-order chi connectivity index (χ0) is 14.4. The van der Waals surface area contributed by atoms with Gasteiger partial charge in [-0.1, -0.05) is 49.4 Å². The molecule has 3 saturated carbocycles. The van der Waals surface area contributed by atoms with Crippen LogP contribution in [0.4, 0.5) is 0 Å². The molecule has 5 atom stereocenters. The fourth-order valence-electron chi connectivity index (χ4n) is 5.88. The Bertz CT molecular complexity index is 504. The molecule has 0 spiro atoms. The van der Waals surface area contributed by atoms with Gasteiger partial charge < -0.3 is 5.11 Å². The molecule has 0 aromatic heterocycles. The predicted octanol–water partition coefficient (Wildman–Crippen LogP) is 5.15. The summed E-state index contributed by atoms with van der Waals surface area (Å²) in [5.74, 6) is 2.40. The number of halogens is 1. The van der Waals surface area contributed by atoms with Crippen LogP contribution in [-0.4, -0.2) is 5.11 Å². The Morgan fingerprint density at radius 3 is 2.05 bits per heavy atom. The second-order valence-corrected chi connectivity index (χ2v) is 7.88. The molecule has 1 aromatic rings. The van der Waals surface area contributed by atoms with Crippen molar-refractivity contribution in [2.24, 2.45) is 23.7 Å². The van der Waals surface area contributed by atoms with Crippen LogP contribution in [-0.2, 0) is 5.60 Å². The first-order valence-corrected chi connectivity index (χ1v) is 9.07. The fraction of sp³-hybridized carbons (Fsp3) is 0.684. The summed E-state index contributed by atoms with van der Waals surface area (Å²) in [6.07, 6.45) is 10.3. The zero-order valence-electron chi connectivity index (χ0n) is 12.6. The van der Waals surface area contributed by atoms with E-state index in [9.17, 15) is 5.11 Å². The number of rotatable bonds is 1. The lowest BCUT2D eigenvalue weighted by Gasteiger charge is -2.39. The number of benzene rings is 1. The summed E-state index contributed by atoms with van der Waals surface area (Å²) in [6.45, 7) is 0. The third-order valence-electron chi connectivity index (χ3n) is 6.61. The van der Waals surface area contributed by atoms with Crippen molar-refractivity contribution in [3.05, 3.63) is 34.9 Å². The number of aliphatic hydroxyl groups is 1. The van der Waals surface area contributed by atoms with Crippen LogP contribution in [0.15, 0.2) is 24.3 Å². The highest BCUT2D eigenvalue weighted by Gasteiger charge is 2.60. The molecule has 1 unspecified atom stereocenters. The molecule has 114 valence electrons. The maximum Gasteiger partial charge on any atom is 0.0958 e. The Balaban J connectivity index is 1.80. The Morgan fingerprint density at radius 1 is 0.905 bits per heavy atom. The number of hydrogen-bond acceptors (Lipinski definition) is 1. The quantitative estimate of drug-likeness (QED) is 0.760. The van der Waals surface area contributed by atoms with Crippen molar-refractivity contribution < 1.29 is 5.11 Å². The van der Waals surface area contributed by atoms with E-state index in [4.69, 9.17) is 11.6 Å². The van der Waals surface area contributed by atoms with E-state index in [1.54, 1.807) is 0 Å². The summed E-state index contributed by atoms with van der Waals surface area (Å²) < 4.78 is 0. The van der Waals surface area contributed by atoms with Crippen molar-refractivity contribution in [3.63, 3.8) is 0 Å². The highest BCUT2D eigenvalue weighted by Crippen LogP contribution is 2.62. The van der Waals surface area contributed by atoms with Crippen molar-refractivity contribution in [2.75, 3.05) is 0 Å². The lowest BCUT2D eigenvalue weighted by atomic mass is 9.71. The van der Waals surface area contributed by atoms with Crippen LogP contribution < -0.4 is 0 Å². The van der Waals surface area contributed by atoms with Crippen LogP contribution in [0.2, 0.25) is 5.02 Å². The second-order valence-electron chi connectivity index (χ2n) is 7.45. The minimum Gasteiger partial charge on any atom is -0.385 e. The van der Waals surface area contributed by atoms with Crippen molar-refractivity contribution in [1.29, 1.82) is 0 Å². The Morgan fingerprint density at radius 2 is 1.48 bits per heavy atom. The summed E-state index contributed by atoms with van der Waals surface area (Å²) in [4.78, 5) is 0. The van der Waals surface area contributed by atoms with Gasteiger partial charge in [-0.05, 0) is 67.1 Å². The van der Waals surface area contributed by atoms with Crippen LogP contribution >= 0.6 is 11.6 Å². The largest absolute Gasteiger partial charge is 0.385 e. The van der Waals surface area contributed by atoms with Gasteiger partial charge in [-0.2, -0.15) is 0 Å². The first kappa shape index (κ1) is 14.1. The molecule has 21 heavy (non-hydrogen) atoms. The summed E-state index contributed by atoms with van der Waals surface area (Å²) >= 11 is 6.22. The highest BCUT2D eigenvalue weighted by molar-refractivity contribution is 6.30. The summed E-state index contributed by atoms with van der Waals surface area (Å²) in [5.41, 5.74) is 0.461. The van der Waals surface area contributed by atoms with Gasteiger partial charge in [0.25, 0.3) is 0 Å². The fourth-order valence-corrected chi connectivity index (χ4v) is 6.07. The molecule has 3 aliphatic rings. The number of fused-ring (bicyclic) bond motifs is 3. The molecule has 0 heterocycles. The molecule has 0 saturated heterocycles. The van der Waals surface area contributed by atoms with E-state index in [0.717, 1.165) is 22.4 Å². The molecular formula is C19H25ClO. The summed E-state index contributed by atoms with van der Waals surface area (Å²) in [6, 6.07) is 8.04. The van der Waals surface area contributed by atoms with E-state index in [-0.39, 0.29) is 0 Å². The summed E-state index contributed by atoms with van der Waals surface area (Å²) in [7, 11) is 0. The molecule has 0 bridgehead atoms. The third-order valence-corrected chi connectivity index (χ3v) is 6.84. The van der Waals surface area contributed by atoms with Gasteiger partial charge in [0.2, 0.25) is 0 Å². The molecule has 0 radical (unpaired) electrons. The van der Waals surface area contributed by atoms with E-state index in [2.05, 4.69) is 6.07 Å². The van der Waals surface area contributed by atoms with Gasteiger partial charge in [-0.15, -0.1) is 0 Å². The van der Waals surface area contributed by atoms with E-state index >= 15 is 0 Å². The molecule has 0 amide bonds. The van der Waals surface area contributed by atoms with Gasteiger partial charge in [-0.3, -0.25) is 0 Å². The van der Waals surface area contributed by atoms with Crippen LogP contribution in [0.5, 0.6) is 0 Å². The zero-order valence-corrected chi connectivity index (χ0v) is 13.4. The van der Waals surface area contributed by atoms with Crippen molar-refractivity contribution >= 4 is 11.6 Å². The topological polar surface area (TPSA) is 20.2 Å². The average Bonchev–Trinajstić information content (AvgIpc) is 2.79. The standard InChI is InChI=1S/C19H25ClO/c20-14-7-5-6-13(12-14)19(21)17-10-3-1-8-15(17)16-9-2-4-11-18(16)19/h5-7,12,15-18,21H,1-4,8-11H2/t15-,16+,17-,18-,19?/m0/s1. The molecule has 2 heteroatoms. The van der Waals surface area contributed by atoms with E-state index < -0.39 is 5.60 Å². The van der Waals surface area contributed by atoms with Gasteiger partial charge in [-0.25, -0.2) is 0 Å². The van der Waals surface area contributed by atoms with Crippen LogP contribution in [0, 0.1) is 23.7 Å². The van der Waals surface area contributed by atoms with Gasteiger partial charge in [0.05, 0.1) is 5.60 Å². The van der Waals surface area contributed by atoms with E-state index in [1.165, 1.54) is 51.4 Å². The average molecular weight is 305 g/mol. The molecule has 3 aliphatic carbocycles. The van der Waals surface area contributed by atoms with Crippen molar-refractivity contribution in [1.82, 2.24) is 0 Å². The molecule has 4 rings (SSSR count). The maximum atomic E-state index is 11.8. The van der Waals surface area contributed by atoms with Crippen LogP contribution in [0.1, 0.15) is 56.9 Å². The highest BCUT2D eigenvalue weighted by atomic mass is 35.5. The van der Waals surface area contributed by atoms with Gasteiger partial charge >= 0.3 is 0 Å². The van der Waals surface area contributed by atoms with Gasteiger partial charge in [0.15, 0.2) is 0 Å². The maximum absolute atomic E-state index is 11.8. The molecular weight excluding hydrogens is 280 g/mol. The minimum atomic E-state index is -0.624. The second kappa shape index (κ2) is 5.28. The molecule has 1 nitrogen and oxygen atoms in total. The lowest BCUT2D eigenvalue weighted by Crippen LogP contribution is -2.39. The SMILES string of the molecule is OC1(c2cccc(Cl)c2)[C@H]2CCCC[C@@H]2[C@@H]2CCCC[C@@H]21. The minimum absolute atomic E-state index is 0.456. The monoisotopic (exact) mass is 304 g/mol. The first-order valence-electron chi connectivity index (χ1n) is 8.69. The first-order chi connectivity index (χ1) is 10.2. The van der Waals surface area contributed by atoms with Crippen molar-refractivity contribution in [3.8, 4) is 0 Å². The van der Waals surface area contributed by atoms with Crippen molar-refractivity contribution in [2.45, 2.75) is 57.0 Å². The summed E-state index contributed by atoms with van der Waals surface area (Å²) in [5, 5.41) is 12.6. The Kier molecular flexibility index (Phi) is 3.54. The Hall–Kier alpha value is -0.530. The molecule has 3 fully saturated rings. The van der Waals surface area contributed by atoms with Crippen LogP contribution in [0.3, 0.4) is 0 Å². The molecule has 0 aliphatic heterocycles. The molecule has 1 aromatic carbocycles. The molecule has 1 N–H and O–H groups in total. The smallest absolute Gasteiger partial charge is 0.0958 e. The third kappa shape index (κ3) is 2.08. The predicted molar refractivity (Wildman–Crippen MR) is 86.2 cm³/mol. The normalized spacial score (nSPS) is 42.4. The Labute approximate surface area is 132 Å². The van der Waals surface area contributed by atoms with Gasteiger partial charge in [0.1, 0.15) is 0 Å². The van der Waals surface area contributed by atoms with E-state index in [1.807, 2.05) is 18.2 Å². The lowest BCUT2D eigenvalue weighted by molar-refractivity contribution is -0.0650. The van der Waals surface area contributed by atoms with Gasteiger partial charge in [0, 0.05) is 5.02 Å². The van der Waals surface area contributed by atoms with Crippen LogP contribution in [0.25, 0.3) is 0 Å².